The number of aromatic carboxylic acids is 1. The smallest absolute Gasteiger partial charge is 0.356 e. The van der Waals surface area contributed by atoms with Gasteiger partial charge in [0.05, 0.1) is 11.1 Å². The summed E-state index contributed by atoms with van der Waals surface area (Å²) in [6.45, 7) is 0. The molecule has 1 amide bonds. The number of carbonyl (C=O) groups is 2. The SMILES string of the molecule is CNC(=O)c1c[nH]c2c(C(=O)O)ncnc12. The lowest BCUT2D eigenvalue weighted by molar-refractivity contribution is 0.0692. The van der Waals surface area contributed by atoms with Gasteiger partial charge in [0.25, 0.3) is 5.91 Å². The van der Waals surface area contributed by atoms with Gasteiger partial charge in [0.1, 0.15) is 11.8 Å². The van der Waals surface area contributed by atoms with E-state index in [2.05, 4.69) is 20.3 Å². The zero-order valence-corrected chi connectivity index (χ0v) is 8.31. The number of nitrogens with zero attached hydrogens (tertiary/aromatic N) is 2. The summed E-state index contributed by atoms with van der Waals surface area (Å²) in [6, 6.07) is 0. The summed E-state index contributed by atoms with van der Waals surface area (Å²) in [7, 11) is 1.49. The van der Waals surface area contributed by atoms with Gasteiger partial charge in [-0.25, -0.2) is 14.8 Å². The highest BCUT2D eigenvalue weighted by Crippen LogP contribution is 2.17. The van der Waals surface area contributed by atoms with E-state index in [0.717, 1.165) is 6.33 Å². The van der Waals surface area contributed by atoms with Gasteiger partial charge in [-0.1, -0.05) is 0 Å². The van der Waals surface area contributed by atoms with Crippen molar-refractivity contribution >= 4 is 22.9 Å². The average molecular weight is 220 g/mol. The van der Waals surface area contributed by atoms with E-state index in [9.17, 15) is 9.59 Å². The van der Waals surface area contributed by atoms with E-state index in [1.807, 2.05) is 0 Å². The van der Waals surface area contributed by atoms with E-state index in [1.165, 1.54) is 13.2 Å². The van der Waals surface area contributed by atoms with Crippen LogP contribution < -0.4 is 5.32 Å². The Bertz CT molecular complexity index is 575. The number of rotatable bonds is 2. The molecule has 2 rings (SSSR count). The molecule has 2 heterocycles. The summed E-state index contributed by atoms with van der Waals surface area (Å²) in [5.74, 6) is -1.50. The molecule has 0 unspecified atom stereocenters. The van der Waals surface area contributed by atoms with Crippen molar-refractivity contribution in [2.24, 2.45) is 0 Å². The predicted octanol–water partition coefficient (Wildman–Crippen LogP) is 0.0157. The minimum atomic E-state index is -1.17. The van der Waals surface area contributed by atoms with Crippen molar-refractivity contribution in [3.63, 3.8) is 0 Å². The number of nitrogens with one attached hydrogen (secondary N) is 2. The van der Waals surface area contributed by atoms with Gasteiger partial charge in [-0.05, 0) is 0 Å². The minimum Gasteiger partial charge on any atom is -0.476 e. The molecule has 2 aromatic heterocycles. The Hall–Kier alpha value is -2.44. The van der Waals surface area contributed by atoms with Crippen molar-refractivity contribution in [3.8, 4) is 0 Å². The third kappa shape index (κ3) is 1.38. The van der Waals surface area contributed by atoms with Crippen LogP contribution in [0.4, 0.5) is 0 Å². The van der Waals surface area contributed by atoms with Crippen molar-refractivity contribution in [1.82, 2.24) is 20.3 Å². The van der Waals surface area contributed by atoms with Crippen LogP contribution >= 0.6 is 0 Å². The number of carbonyl (C=O) groups excluding carboxylic acids is 1. The molecule has 0 aliphatic rings. The Morgan fingerprint density at radius 2 is 2.19 bits per heavy atom. The third-order valence-corrected chi connectivity index (χ3v) is 2.14. The molecule has 16 heavy (non-hydrogen) atoms. The molecule has 7 heteroatoms. The maximum absolute atomic E-state index is 11.4. The minimum absolute atomic E-state index is 0.153. The van der Waals surface area contributed by atoms with E-state index in [1.54, 1.807) is 0 Å². The number of fused-ring (bicyclic) bond motifs is 1. The third-order valence-electron chi connectivity index (χ3n) is 2.14. The lowest BCUT2D eigenvalue weighted by atomic mass is 10.2. The Morgan fingerprint density at radius 1 is 1.44 bits per heavy atom. The van der Waals surface area contributed by atoms with Gasteiger partial charge < -0.3 is 15.4 Å². The van der Waals surface area contributed by atoms with E-state index in [4.69, 9.17) is 5.11 Å². The molecule has 82 valence electrons. The van der Waals surface area contributed by atoms with Gasteiger partial charge in [0, 0.05) is 13.2 Å². The maximum Gasteiger partial charge on any atom is 0.356 e. The number of aromatic amines is 1. The highest BCUT2D eigenvalue weighted by atomic mass is 16.4. The summed E-state index contributed by atoms with van der Waals surface area (Å²) in [5.41, 5.74) is 0.683. The molecule has 0 bridgehead atoms. The van der Waals surface area contributed by atoms with Crippen LogP contribution in [0, 0.1) is 0 Å². The first-order valence-electron chi connectivity index (χ1n) is 4.42. The molecular weight excluding hydrogens is 212 g/mol. The molecule has 0 radical (unpaired) electrons. The normalized spacial score (nSPS) is 10.3. The molecule has 0 saturated heterocycles. The van der Waals surface area contributed by atoms with Crippen LogP contribution in [0.5, 0.6) is 0 Å². The first-order valence-corrected chi connectivity index (χ1v) is 4.42. The largest absolute Gasteiger partial charge is 0.476 e. The topological polar surface area (TPSA) is 108 Å². The summed E-state index contributed by atoms with van der Waals surface area (Å²) < 4.78 is 0. The molecule has 7 nitrogen and oxygen atoms in total. The summed E-state index contributed by atoms with van der Waals surface area (Å²) >= 11 is 0. The Morgan fingerprint density at radius 3 is 2.81 bits per heavy atom. The van der Waals surface area contributed by atoms with Gasteiger partial charge in [-0.15, -0.1) is 0 Å². The molecular formula is C9H8N4O3. The second-order valence-electron chi connectivity index (χ2n) is 3.03. The van der Waals surface area contributed by atoms with Crippen molar-refractivity contribution in [2.75, 3.05) is 7.05 Å². The molecule has 2 aromatic rings. The van der Waals surface area contributed by atoms with Crippen molar-refractivity contribution in [2.45, 2.75) is 0 Å². The van der Waals surface area contributed by atoms with E-state index in [-0.39, 0.29) is 17.1 Å². The number of hydrogen-bond donors (Lipinski definition) is 3. The first-order chi connectivity index (χ1) is 7.65. The van der Waals surface area contributed by atoms with Crippen LogP contribution in [-0.2, 0) is 0 Å². The van der Waals surface area contributed by atoms with Gasteiger partial charge in [-0.2, -0.15) is 0 Å². The lowest BCUT2D eigenvalue weighted by Gasteiger charge is -1.97. The lowest BCUT2D eigenvalue weighted by Crippen LogP contribution is -2.17. The number of hydrogen-bond acceptors (Lipinski definition) is 4. The molecule has 0 aliphatic carbocycles. The fourth-order valence-corrected chi connectivity index (χ4v) is 1.41. The standard InChI is InChI=1S/C9H8N4O3/c1-10-8(14)4-2-11-6-5(4)12-3-13-7(6)9(15)16/h2-3,11H,1H3,(H,10,14)(H,15,16). The van der Waals surface area contributed by atoms with E-state index >= 15 is 0 Å². The molecule has 0 aromatic carbocycles. The molecule has 0 saturated carbocycles. The van der Waals surface area contributed by atoms with Crippen molar-refractivity contribution in [3.05, 3.63) is 23.8 Å². The highest BCUT2D eigenvalue weighted by Gasteiger charge is 2.17. The number of carboxylic acids is 1. The van der Waals surface area contributed by atoms with Crippen LogP contribution in [-0.4, -0.2) is 39.0 Å². The average Bonchev–Trinajstić information content (AvgIpc) is 2.71. The second kappa shape index (κ2) is 3.61. The number of H-pyrrole nitrogens is 1. The van der Waals surface area contributed by atoms with Crippen LogP contribution in [0.1, 0.15) is 20.8 Å². The van der Waals surface area contributed by atoms with Gasteiger partial charge in [0.2, 0.25) is 0 Å². The number of carboxylic acid groups (broad SMARTS) is 1. The zero-order chi connectivity index (χ0) is 11.7. The second-order valence-corrected chi connectivity index (χ2v) is 3.03. The van der Waals surface area contributed by atoms with Crippen LogP contribution in [0.15, 0.2) is 12.5 Å². The predicted molar refractivity (Wildman–Crippen MR) is 54.2 cm³/mol. The van der Waals surface area contributed by atoms with Gasteiger partial charge in [0.15, 0.2) is 5.69 Å². The zero-order valence-electron chi connectivity index (χ0n) is 8.31. The summed E-state index contributed by atoms with van der Waals surface area (Å²) in [6.07, 6.45) is 2.52. The van der Waals surface area contributed by atoms with E-state index < -0.39 is 5.97 Å². The van der Waals surface area contributed by atoms with Crippen LogP contribution in [0.25, 0.3) is 11.0 Å². The first kappa shape index (κ1) is 10.1. The maximum atomic E-state index is 11.4. The van der Waals surface area contributed by atoms with Gasteiger partial charge in [-0.3, -0.25) is 4.79 Å². The molecule has 0 aliphatic heterocycles. The van der Waals surface area contributed by atoms with Crippen LogP contribution in [0.2, 0.25) is 0 Å². The summed E-state index contributed by atoms with van der Waals surface area (Å²) in [4.78, 5) is 32.5. The number of amides is 1. The van der Waals surface area contributed by atoms with Crippen LogP contribution in [0.3, 0.4) is 0 Å². The van der Waals surface area contributed by atoms with Gasteiger partial charge >= 0.3 is 5.97 Å². The van der Waals surface area contributed by atoms with E-state index in [0.29, 0.717) is 11.1 Å². The molecule has 3 N–H and O–H groups in total. The molecule has 0 spiro atoms. The fraction of sp³-hybridized carbons (Fsp3) is 0.111. The quantitative estimate of drug-likeness (QED) is 0.661. The Kier molecular flexibility index (Phi) is 2.28. The monoisotopic (exact) mass is 220 g/mol. The van der Waals surface area contributed by atoms with Crippen molar-refractivity contribution in [1.29, 1.82) is 0 Å². The summed E-state index contributed by atoms with van der Waals surface area (Å²) in [5, 5.41) is 11.3. The molecule has 0 fully saturated rings. The Labute approximate surface area is 89.5 Å². The molecule has 0 atom stereocenters. The Balaban J connectivity index is 2.71. The number of aromatic nitrogens is 3. The fourth-order valence-electron chi connectivity index (χ4n) is 1.41. The highest BCUT2D eigenvalue weighted by molar-refractivity contribution is 6.08. The van der Waals surface area contributed by atoms with Crippen molar-refractivity contribution < 1.29 is 14.7 Å².